The van der Waals surface area contributed by atoms with Crippen LogP contribution in [0, 0.1) is 0 Å². The number of hydrogen-bond donors (Lipinski definition) is 6. The van der Waals surface area contributed by atoms with Crippen molar-refractivity contribution in [1.29, 1.82) is 0 Å². The van der Waals surface area contributed by atoms with Crippen molar-refractivity contribution < 1.29 is 34.6 Å². The summed E-state index contributed by atoms with van der Waals surface area (Å²) < 4.78 is 0. The van der Waals surface area contributed by atoms with Gasteiger partial charge in [-0.1, -0.05) is 5.64 Å². The molecular formula is C4H14NO7P. The van der Waals surface area contributed by atoms with E-state index >= 15 is 0 Å². The third kappa shape index (κ3) is 33.2. The Bertz CT molecular complexity index is 76.1. The smallest absolute Gasteiger partial charge is 0.324 e. The van der Waals surface area contributed by atoms with Crippen LogP contribution in [-0.2, 0) is 9.68 Å². The lowest BCUT2D eigenvalue weighted by molar-refractivity contribution is -0.178. The van der Waals surface area contributed by atoms with Gasteiger partial charge >= 0.3 is 8.60 Å². The molecule has 8 nitrogen and oxygen atoms in total. The van der Waals surface area contributed by atoms with Crippen molar-refractivity contribution in [2.45, 2.75) is 0 Å². The zero-order valence-electron chi connectivity index (χ0n) is 6.83. The van der Waals surface area contributed by atoms with Crippen molar-refractivity contribution in [2.75, 3.05) is 26.4 Å². The van der Waals surface area contributed by atoms with Gasteiger partial charge in [-0.2, -0.15) is 0 Å². The molecule has 9 heteroatoms. The Morgan fingerprint density at radius 2 is 1.23 bits per heavy atom. The Balaban J connectivity index is 0. The highest BCUT2D eigenvalue weighted by Crippen LogP contribution is 2.11. The maximum absolute atomic E-state index is 8.15. The highest BCUT2D eigenvalue weighted by Gasteiger charge is 1.83. The van der Waals surface area contributed by atoms with Gasteiger partial charge in [0.1, 0.15) is 0 Å². The summed E-state index contributed by atoms with van der Waals surface area (Å²) in [5, 5.41) is 16.3. The molecule has 0 heterocycles. The fraction of sp³-hybridized carbons (Fsp3) is 1.00. The van der Waals surface area contributed by atoms with Gasteiger partial charge in [0.25, 0.3) is 0 Å². The van der Waals surface area contributed by atoms with Crippen LogP contribution in [0.4, 0.5) is 0 Å². The van der Waals surface area contributed by atoms with Gasteiger partial charge in [-0.25, -0.2) is 0 Å². The highest BCUT2D eigenvalue weighted by molar-refractivity contribution is 7.38. The molecule has 0 aromatic heterocycles. The number of rotatable bonds is 6. The molecule has 0 radical (unpaired) electrons. The van der Waals surface area contributed by atoms with Crippen molar-refractivity contribution >= 4 is 8.60 Å². The fourth-order valence-corrected chi connectivity index (χ4v) is 0.216. The summed E-state index contributed by atoms with van der Waals surface area (Å²) >= 11 is 0. The van der Waals surface area contributed by atoms with Crippen molar-refractivity contribution in [1.82, 2.24) is 5.64 Å². The normalized spacial score (nSPS) is 9.69. The molecule has 0 aromatic carbocycles. The summed E-state index contributed by atoms with van der Waals surface area (Å²) in [6.45, 7) is 0.224. The molecule has 0 saturated carbocycles. The molecule has 0 rings (SSSR count). The van der Waals surface area contributed by atoms with Crippen LogP contribution in [0.2, 0.25) is 0 Å². The first-order valence-electron chi connectivity index (χ1n) is 3.22. The van der Waals surface area contributed by atoms with E-state index in [-0.39, 0.29) is 26.4 Å². The van der Waals surface area contributed by atoms with Crippen LogP contribution in [0.5, 0.6) is 0 Å². The Labute approximate surface area is 76.3 Å². The molecule has 6 N–H and O–H groups in total. The predicted molar refractivity (Wildman–Crippen MR) is 42.8 cm³/mol. The number of nitrogens with one attached hydrogen (secondary N) is 1. The Morgan fingerprint density at radius 1 is 0.923 bits per heavy atom. The SMILES string of the molecule is OCCONOCCO.OP(O)O. The molecule has 0 atom stereocenters. The van der Waals surface area contributed by atoms with Crippen LogP contribution < -0.4 is 5.64 Å². The lowest BCUT2D eigenvalue weighted by Crippen LogP contribution is -2.19. The van der Waals surface area contributed by atoms with E-state index in [1.807, 2.05) is 0 Å². The average Bonchev–Trinajstić information content (AvgIpc) is 2.03. The van der Waals surface area contributed by atoms with Crippen LogP contribution in [0.15, 0.2) is 0 Å². The van der Waals surface area contributed by atoms with Gasteiger partial charge in [-0.3, -0.25) is 9.68 Å². The maximum Gasteiger partial charge on any atom is 0.324 e. The van der Waals surface area contributed by atoms with Crippen molar-refractivity contribution in [3.63, 3.8) is 0 Å². The predicted octanol–water partition coefficient (Wildman–Crippen LogP) is -2.39. The van der Waals surface area contributed by atoms with Crippen LogP contribution in [0.25, 0.3) is 0 Å². The molecular weight excluding hydrogens is 205 g/mol. The van der Waals surface area contributed by atoms with E-state index in [4.69, 9.17) is 24.9 Å². The molecule has 0 aliphatic rings. The zero-order chi connectivity index (χ0) is 10.5. The van der Waals surface area contributed by atoms with Crippen molar-refractivity contribution in [3.8, 4) is 0 Å². The topological polar surface area (TPSA) is 132 Å². The Hall–Kier alpha value is 0.110. The first-order valence-corrected chi connectivity index (χ1v) is 4.42. The number of hydrogen-bond acceptors (Lipinski definition) is 8. The van der Waals surface area contributed by atoms with Gasteiger partial charge in [0.15, 0.2) is 0 Å². The number of aliphatic hydroxyl groups is 2. The van der Waals surface area contributed by atoms with Gasteiger partial charge < -0.3 is 24.9 Å². The van der Waals surface area contributed by atoms with Gasteiger partial charge in [0.05, 0.1) is 26.4 Å². The highest BCUT2D eigenvalue weighted by atomic mass is 31.2. The average molecular weight is 219 g/mol. The summed E-state index contributed by atoms with van der Waals surface area (Å²) in [6, 6.07) is 0. The molecule has 0 fully saturated rings. The van der Waals surface area contributed by atoms with E-state index in [0.29, 0.717) is 0 Å². The van der Waals surface area contributed by atoms with E-state index in [2.05, 4.69) is 15.3 Å². The maximum atomic E-state index is 8.15. The fourth-order valence-electron chi connectivity index (χ4n) is 0.216. The minimum atomic E-state index is -2.62. The first-order chi connectivity index (χ1) is 6.15. The van der Waals surface area contributed by atoms with E-state index < -0.39 is 8.60 Å². The van der Waals surface area contributed by atoms with Crippen LogP contribution in [0.3, 0.4) is 0 Å². The molecule has 13 heavy (non-hydrogen) atoms. The molecule has 0 aromatic rings. The zero-order valence-corrected chi connectivity index (χ0v) is 7.72. The summed E-state index contributed by atoms with van der Waals surface area (Å²) in [5.41, 5.74) is 2.07. The lowest BCUT2D eigenvalue weighted by atomic mass is 10.8. The van der Waals surface area contributed by atoms with Crippen LogP contribution >= 0.6 is 8.60 Å². The molecule has 0 aliphatic heterocycles. The Morgan fingerprint density at radius 3 is 1.46 bits per heavy atom. The summed E-state index contributed by atoms with van der Waals surface area (Å²) in [5.74, 6) is 0. The van der Waals surface area contributed by atoms with Crippen LogP contribution in [0.1, 0.15) is 0 Å². The van der Waals surface area contributed by atoms with Gasteiger partial charge in [0.2, 0.25) is 0 Å². The summed E-state index contributed by atoms with van der Waals surface area (Å²) in [6.07, 6.45) is 0. The molecule has 0 saturated heterocycles. The van der Waals surface area contributed by atoms with E-state index in [1.165, 1.54) is 0 Å². The van der Waals surface area contributed by atoms with Gasteiger partial charge in [0, 0.05) is 0 Å². The molecule has 0 spiro atoms. The third-order valence-electron chi connectivity index (χ3n) is 0.505. The molecule has 0 unspecified atom stereocenters. The molecule has 0 bridgehead atoms. The van der Waals surface area contributed by atoms with E-state index in [0.717, 1.165) is 0 Å². The van der Waals surface area contributed by atoms with Gasteiger partial charge in [-0.05, 0) is 0 Å². The second-order valence-corrected chi connectivity index (χ2v) is 2.03. The van der Waals surface area contributed by atoms with Crippen molar-refractivity contribution in [2.24, 2.45) is 0 Å². The molecule has 0 aliphatic carbocycles. The van der Waals surface area contributed by atoms with E-state index in [1.54, 1.807) is 0 Å². The Kier molecular flexibility index (Phi) is 17.5. The quantitative estimate of drug-likeness (QED) is 0.166. The molecule has 0 amide bonds. The van der Waals surface area contributed by atoms with Crippen molar-refractivity contribution in [3.05, 3.63) is 0 Å². The van der Waals surface area contributed by atoms with E-state index in [9.17, 15) is 0 Å². The van der Waals surface area contributed by atoms with Crippen LogP contribution in [-0.4, -0.2) is 51.3 Å². The standard InChI is InChI=1S/C4H11NO4.H3O3P/c6-1-3-8-5-9-4-2-7;1-4(2)3/h5-7H,1-4H2;1-3H. The number of aliphatic hydroxyl groups excluding tert-OH is 2. The third-order valence-corrected chi connectivity index (χ3v) is 0.505. The largest absolute Gasteiger partial charge is 0.394 e. The second-order valence-electron chi connectivity index (χ2n) is 1.50. The minimum Gasteiger partial charge on any atom is -0.394 e. The van der Waals surface area contributed by atoms with Gasteiger partial charge in [-0.15, -0.1) is 0 Å². The molecule has 82 valence electrons. The first kappa shape index (κ1) is 15.6. The minimum absolute atomic E-state index is 0.0600. The second kappa shape index (κ2) is 14.6. The summed E-state index contributed by atoms with van der Waals surface area (Å²) in [4.78, 5) is 30.6. The monoisotopic (exact) mass is 219 g/mol. The lowest BCUT2D eigenvalue weighted by Gasteiger charge is -2.01. The summed E-state index contributed by atoms with van der Waals surface area (Å²) in [7, 11) is -2.62.